The minimum atomic E-state index is -4.04. The molecule has 1 heterocycles. The third-order valence-electron chi connectivity index (χ3n) is 5.40. The number of sulfonamides is 1. The SMILES string of the molecule is Cc1cc(C)c(C)c(S(=O)(=O)NNC(=O)c2nn(C(C)C)c(=O)c3ccccc23)c1C. The van der Waals surface area contributed by atoms with Crippen molar-refractivity contribution in [2.75, 3.05) is 0 Å². The van der Waals surface area contributed by atoms with Gasteiger partial charge in [0.25, 0.3) is 21.5 Å². The summed E-state index contributed by atoms with van der Waals surface area (Å²) in [4.78, 5) is 27.9. The van der Waals surface area contributed by atoms with Crippen molar-refractivity contribution in [3.8, 4) is 0 Å². The van der Waals surface area contributed by atoms with Gasteiger partial charge in [-0.25, -0.2) is 13.1 Å². The minimum absolute atomic E-state index is 0.0412. The molecule has 0 saturated heterocycles. The van der Waals surface area contributed by atoms with Gasteiger partial charge in [-0.1, -0.05) is 24.3 Å². The summed E-state index contributed by atoms with van der Waals surface area (Å²) >= 11 is 0. The Kier molecular flexibility index (Phi) is 6.02. The van der Waals surface area contributed by atoms with E-state index in [2.05, 4.69) is 15.4 Å². The Bertz CT molecular complexity index is 1330. The van der Waals surface area contributed by atoms with Crippen molar-refractivity contribution >= 4 is 26.7 Å². The zero-order valence-electron chi connectivity index (χ0n) is 18.4. The lowest BCUT2D eigenvalue weighted by atomic mass is 10.0. The molecule has 0 bridgehead atoms. The van der Waals surface area contributed by atoms with Crippen LogP contribution in [0.4, 0.5) is 0 Å². The molecule has 164 valence electrons. The van der Waals surface area contributed by atoms with E-state index in [1.807, 2.05) is 19.9 Å². The molecule has 31 heavy (non-hydrogen) atoms. The van der Waals surface area contributed by atoms with Gasteiger partial charge >= 0.3 is 0 Å². The number of aryl methyl sites for hydroxylation is 2. The number of hydrogen-bond donors (Lipinski definition) is 2. The largest absolute Gasteiger partial charge is 0.287 e. The quantitative estimate of drug-likeness (QED) is 0.591. The predicted octanol–water partition coefficient (Wildman–Crippen LogP) is 2.83. The normalized spacial score (nSPS) is 11.8. The average molecular weight is 443 g/mol. The number of carbonyl (C=O) groups is 1. The summed E-state index contributed by atoms with van der Waals surface area (Å²) in [6.07, 6.45) is 0. The van der Waals surface area contributed by atoms with E-state index in [1.165, 1.54) is 4.68 Å². The maximum absolute atomic E-state index is 13.0. The van der Waals surface area contributed by atoms with Gasteiger partial charge in [-0.05, 0) is 69.9 Å². The average Bonchev–Trinajstić information content (AvgIpc) is 2.71. The smallest absolute Gasteiger partial charge is 0.272 e. The van der Waals surface area contributed by atoms with Crippen molar-refractivity contribution < 1.29 is 13.2 Å². The summed E-state index contributed by atoms with van der Waals surface area (Å²) in [6.45, 7) is 10.7. The number of fused-ring (bicyclic) bond motifs is 1. The molecule has 3 rings (SSSR count). The van der Waals surface area contributed by atoms with Crippen LogP contribution >= 0.6 is 0 Å². The molecule has 0 saturated carbocycles. The predicted molar refractivity (Wildman–Crippen MR) is 120 cm³/mol. The van der Waals surface area contributed by atoms with E-state index < -0.39 is 15.9 Å². The van der Waals surface area contributed by atoms with E-state index in [1.54, 1.807) is 52.0 Å². The zero-order chi connectivity index (χ0) is 23.1. The second-order valence-electron chi connectivity index (χ2n) is 7.89. The highest BCUT2D eigenvalue weighted by molar-refractivity contribution is 7.89. The van der Waals surface area contributed by atoms with Gasteiger partial charge in [-0.15, -0.1) is 4.83 Å². The van der Waals surface area contributed by atoms with E-state index in [0.717, 1.165) is 11.1 Å². The van der Waals surface area contributed by atoms with Crippen LogP contribution in [-0.2, 0) is 10.0 Å². The number of hydrazine groups is 1. The molecule has 0 fully saturated rings. The lowest BCUT2D eigenvalue weighted by Gasteiger charge is -2.17. The van der Waals surface area contributed by atoms with Gasteiger partial charge in [0.15, 0.2) is 5.69 Å². The van der Waals surface area contributed by atoms with Gasteiger partial charge in [0, 0.05) is 5.39 Å². The molecule has 1 amide bonds. The van der Waals surface area contributed by atoms with Gasteiger partial charge in [0.1, 0.15) is 0 Å². The first-order valence-corrected chi connectivity index (χ1v) is 11.3. The van der Waals surface area contributed by atoms with Crippen molar-refractivity contribution in [3.05, 3.63) is 68.6 Å². The number of benzene rings is 2. The summed E-state index contributed by atoms with van der Waals surface area (Å²) in [5.74, 6) is -0.756. The van der Waals surface area contributed by atoms with Crippen LogP contribution in [0, 0.1) is 27.7 Å². The number of nitrogens with zero attached hydrogens (tertiary/aromatic N) is 2. The molecule has 0 radical (unpaired) electrons. The van der Waals surface area contributed by atoms with Crippen molar-refractivity contribution in [1.29, 1.82) is 0 Å². The molecule has 0 aliphatic carbocycles. The first-order chi connectivity index (χ1) is 14.5. The van der Waals surface area contributed by atoms with Gasteiger partial charge < -0.3 is 0 Å². The third kappa shape index (κ3) is 4.11. The second-order valence-corrected chi connectivity index (χ2v) is 9.51. The third-order valence-corrected chi connectivity index (χ3v) is 6.92. The Balaban J connectivity index is 2.01. The first kappa shape index (κ1) is 22.6. The topological polar surface area (TPSA) is 110 Å². The van der Waals surface area contributed by atoms with E-state index in [9.17, 15) is 18.0 Å². The van der Waals surface area contributed by atoms with E-state index in [4.69, 9.17) is 0 Å². The minimum Gasteiger partial charge on any atom is -0.272 e. The molecular weight excluding hydrogens is 416 g/mol. The molecule has 2 aromatic carbocycles. The maximum atomic E-state index is 13.0. The molecule has 0 atom stereocenters. The van der Waals surface area contributed by atoms with E-state index >= 15 is 0 Å². The van der Waals surface area contributed by atoms with Gasteiger partial charge in [0.2, 0.25) is 0 Å². The highest BCUT2D eigenvalue weighted by Gasteiger charge is 2.24. The molecule has 0 aliphatic heterocycles. The monoisotopic (exact) mass is 442 g/mol. The van der Waals surface area contributed by atoms with Crippen LogP contribution in [0.25, 0.3) is 10.8 Å². The van der Waals surface area contributed by atoms with E-state index in [-0.39, 0.29) is 22.2 Å². The fourth-order valence-corrected chi connectivity index (χ4v) is 4.99. The van der Waals surface area contributed by atoms with Crippen LogP contribution in [0.5, 0.6) is 0 Å². The van der Waals surface area contributed by atoms with Crippen LogP contribution in [-0.4, -0.2) is 24.1 Å². The van der Waals surface area contributed by atoms with Crippen LogP contribution < -0.4 is 15.8 Å². The summed E-state index contributed by atoms with van der Waals surface area (Å²) in [7, 11) is -4.04. The number of carbonyl (C=O) groups excluding carboxylic acids is 1. The zero-order valence-corrected chi connectivity index (χ0v) is 19.2. The molecule has 1 aromatic heterocycles. The Morgan fingerprint density at radius 1 is 1.00 bits per heavy atom. The van der Waals surface area contributed by atoms with Gasteiger partial charge in [-0.2, -0.15) is 5.10 Å². The van der Waals surface area contributed by atoms with Crippen molar-refractivity contribution in [2.24, 2.45) is 0 Å². The molecule has 0 unspecified atom stereocenters. The number of nitrogens with one attached hydrogen (secondary N) is 2. The van der Waals surface area contributed by atoms with Crippen molar-refractivity contribution in [1.82, 2.24) is 20.0 Å². The molecule has 9 heteroatoms. The molecule has 3 aromatic rings. The van der Waals surface area contributed by atoms with Crippen LogP contribution in [0.2, 0.25) is 0 Å². The van der Waals surface area contributed by atoms with Crippen LogP contribution in [0.3, 0.4) is 0 Å². The summed E-state index contributed by atoms with van der Waals surface area (Å²) < 4.78 is 27.2. The van der Waals surface area contributed by atoms with Crippen LogP contribution in [0.1, 0.15) is 52.6 Å². The molecule has 0 aliphatic rings. The second kappa shape index (κ2) is 8.24. The van der Waals surface area contributed by atoms with Gasteiger partial charge in [0.05, 0.1) is 16.3 Å². The van der Waals surface area contributed by atoms with Gasteiger partial charge in [-0.3, -0.25) is 15.0 Å². The number of amides is 1. The molecule has 0 spiro atoms. The molecule has 8 nitrogen and oxygen atoms in total. The molecule has 2 N–H and O–H groups in total. The summed E-state index contributed by atoms with van der Waals surface area (Å²) in [5.41, 5.74) is 4.80. The Morgan fingerprint density at radius 2 is 1.55 bits per heavy atom. The first-order valence-electron chi connectivity index (χ1n) is 9.86. The van der Waals surface area contributed by atoms with E-state index in [0.29, 0.717) is 21.9 Å². The summed E-state index contributed by atoms with van der Waals surface area (Å²) in [5, 5.41) is 4.87. The lowest BCUT2D eigenvalue weighted by molar-refractivity contribution is 0.0939. The number of rotatable bonds is 5. The molecular formula is C22H26N4O4S. The number of aromatic nitrogens is 2. The Morgan fingerprint density at radius 3 is 2.10 bits per heavy atom. The van der Waals surface area contributed by atoms with Crippen molar-refractivity contribution in [3.63, 3.8) is 0 Å². The summed E-state index contributed by atoms with van der Waals surface area (Å²) in [6, 6.07) is 8.25. The Hall–Kier alpha value is -3.04. The Labute approximate surface area is 181 Å². The number of hydrogen-bond acceptors (Lipinski definition) is 5. The maximum Gasteiger partial charge on any atom is 0.287 e. The lowest BCUT2D eigenvalue weighted by Crippen LogP contribution is -2.43. The highest BCUT2D eigenvalue weighted by atomic mass is 32.2. The fraction of sp³-hybridized carbons (Fsp3) is 0.318. The fourth-order valence-electron chi connectivity index (χ4n) is 3.53. The highest BCUT2D eigenvalue weighted by Crippen LogP contribution is 2.25. The van der Waals surface area contributed by atoms with Crippen LogP contribution in [0.15, 0.2) is 40.0 Å². The van der Waals surface area contributed by atoms with Crippen molar-refractivity contribution in [2.45, 2.75) is 52.5 Å². The standard InChI is InChI=1S/C22H26N4O4S/c1-12(2)26-22(28)18-10-8-7-9-17(18)19(24-26)21(27)23-25-31(29,30)20-15(5)13(3)11-14(4)16(20)6/h7-12,25H,1-6H3,(H,23,27).